The van der Waals surface area contributed by atoms with Crippen molar-refractivity contribution in [3.63, 3.8) is 0 Å². The molecule has 0 heterocycles. The summed E-state index contributed by atoms with van der Waals surface area (Å²) in [6.45, 7) is 18.4. The third-order valence-electron chi connectivity index (χ3n) is 13.5. The molecule has 194 valence electrons. The first-order valence-corrected chi connectivity index (χ1v) is 14.0. The van der Waals surface area contributed by atoms with Gasteiger partial charge >= 0.3 is 0 Å². The molecule has 0 radical (unpaired) electrons. The van der Waals surface area contributed by atoms with Gasteiger partial charge in [-0.2, -0.15) is 0 Å². The van der Waals surface area contributed by atoms with Gasteiger partial charge in [0, 0.05) is 11.8 Å². The second-order valence-electron chi connectivity index (χ2n) is 15.2. The van der Waals surface area contributed by atoms with Crippen LogP contribution in [0.4, 0.5) is 0 Å². The lowest BCUT2D eigenvalue weighted by molar-refractivity contribution is -0.455. The molecule has 4 heteroatoms. The van der Waals surface area contributed by atoms with Crippen LogP contribution < -0.4 is 0 Å². The number of hydrogen-bond acceptors (Lipinski definition) is 4. The largest absolute Gasteiger partial charge is 0.361 e. The number of rotatable bonds is 0. The SMILES string of the molecule is C[C@H]1[C@H](C)CC[C@]2(C)CC[C@]3(C)C(=CC[C@@H]4[C@]5(C)[C@@H](CC[C@]43C)C(C)(C)CC(O)(O)C5(O)O)[C@H]12. The Morgan fingerprint density at radius 2 is 1.44 bits per heavy atom. The van der Waals surface area contributed by atoms with Crippen LogP contribution in [0.1, 0.15) is 107 Å². The maximum Gasteiger partial charge on any atom is 0.224 e. The van der Waals surface area contributed by atoms with Crippen LogP contribution in [0, 0.1) is 56.7 Å². The van der Waals surface area contributed by atoms with E-state index >= 15 is 0 Å². The molecule has 0 aliphatic heterocycles. The lowest BCUT2D eigenvalue weighted by Crippen LogP contribution is -2.77. The quantitative estimate of drug-likeness (QED) is 0.271. The molecule has 0 amide bonds. The van der Waals surface area contributed by atoms with Gasteiger partial charge in [0.25, 0.3) is 0 Å². The summed E-state index contributed by atoms with van der Waals surface area (Å²) in [4.78, 5) is 0. The molecule has 0 aromatic carbocycles. The minimum atomic E-state index is -2.55. The highest BCUT2D eigenvalue weighted by atomic mass is 16.6. The van der Waals surface area contributed by atoms with Crippen molar-refractivity contribution < 1.29 is 20.4 Å². The first kappa shape index (κ1) is 25.2. The second kappa shape index (κ2) is 6.91. The molecule has 5 aliphatic carbocycles. The minimum Gasteiger partial charge on any atom is -0.361 e. The zero-order chi connectivity index (χ0) is 25.3. The van der Waals surface area contributed by atoms with E-state index < -0.39 is 22.4 Å². The molecule has 0 aromatic heterocycles. The molecule has 4 N–H and O–H groups in total. The van der Waals surface area contributed by atoms with Crippen molar-refractivity contribution in [3.05, 3.63) is 11.6 Å². The van der Waals surface area contributed by atoms with E-state index in [1.54, 1.807) is 5.57 Å². The zero-order valence-electron chi connectivity index (χ0n) is 22.9. The summed E-state index contributed by atoms with van der Waals surface area (Å²) in [5.74, 6) is -3.12. The summed E-state index contributed by atoms with van der Waals surface area (Å²) in [5, 5.41) is 45.1. The maximum atomic E-state index is 11.6. The topological polar surface area (TPSA) is 80.9 Å². The molecule has 4 nitrogen and oxygen atoms in total. The fourth-order valence-electron chi connectivity index (χ4n) is 11.1. The van der Waals surface area contributed by atoms with Crippen molar-refractivity contribution in [1.29, 1.82) is 0 Å². The first-order valence-electron chi connectivity index (χ1n) is 14.0. The third kappa shape index (κ3) is 2.70. The van der Waals surface area contributed by atoms with Gasteiger partial charge in [-0.1, -0.05) is 67.0 Å². The minimum absolute atomic E-state index is 0.00929. The van der Waals surface area contributed by atoms with Crippen LogP contribution >= 0.6 is 0 Å². The monoisotopic (exact) mass is 474 g/mol. The molecule has 34 heavy (non-hydrogen) atoms. The van der Waals surface area contributed by atoms with E-state index in [0.717, 1.165) is 31.6 Å². The Hall–Kier alpha value is -0.420. The van der Waals surface area contributed by atoms with E-state index in [-0.39, 0.29) is 29.1 Å². The average molecular weight is 475 g/mol. The van der Waals surface area contributed by atoms with E-state index in [9.17, 15) is 20.4 Å². The Bertz CT molecular complexity index is 903. The fourth-order valence-corrected chi connectivity index (χ4v) is 11.1. The van der Waals surface area contributed by atoms with Crippen LogP contribution in [-0.2, 0) is 0 Å². The van der Waals surface area contributed by atoms with Crippen LogP contribution in [0.15, 0.2) is 11.6 Å². The van der Waals surface area contributed by atoms with Gasteiger partial charge in [0.1, 0.15) is 0 Å². The Kier molecular flexibility index (Phi) is 5.13. The third-order valence-corrected chi connectivity index (χ3v) is 13.5. The van der Waals surface area contributed by atoms with E-state index in [0.29, 0.717) is 17.3 Å². The molecular weight excluding hydrogens is 424 g/mol. The number of allylic oxidation sites excluding steroid dienone is 2. The highest BCUT2D eigenvalue weighted by Gasteiger charge is 2.77. The van der Waals surface area contributed by atoms with Crippen LogP contribution in [-0.4, -0.2) is 32.0 Å². The van der Waals surface area contributed by atoms with E-state index in [1.807, 2.05) is 6.92 Å². The molecule has 4 saturated carbocycles. The molecule has 9 atom stereocenters. The predicted molar refractivity (Wildman–Crippen MR) is 134 cm³/mol. The van der Waals surface area contributed by atoms with Crippen LogP contribution in [0.3, 0.4) is 0 Å². The zero-order valence-corrected chi connectivity index (χ0v) is 22.9. The number of hydrogen-bond donors (Lipinski definition) is 4. The lowest BCUT2D eigenvalue weighted by atomic mass is 9.32. The molecule has 5 rings (SSSR count). The Labute approximate surface area is 207 Å². The summed E-state index contributed by atoms with van der Waals surface area (Å²) in [7, 11) is 0. The van der Waals surface area contributed by atoms with Crippen LogP contribution in [0.25, 0.3) is 0 Å². The molecule has 5 aliphatic rings. The van der Waals surface area contributed by atoms with Crippen LogP contribution in [0.5, 0.6) is 0 Å². The summed E-state index contributed by atoms with van der Waals surface area (Å²) in [5.41, 5.74) is 0.462. The van der Waals surface area contributed by atoms with E-state index in [1.165, 1.54) is 19.3 Å². The van der Waals surface area contributed by atoms with Crippen molar-refractivity contribution in [2.75, 3.05) is 0 Å². The van der Waals surface area contributed by atoms with E-state index in [4.69, 9.17) is 0 Å². The fraction of sp³-hybridized carbons (Fsp3) is 0.933. The predicted octanol–water partition coefficient (Wildman–Crippen LogP) is 5.64. The number of fused-ring (bicyclic) bond motifs is 7. The van der Waals surface area contributed by atoms with Gasteiger partial charge in [-0.3, -0.25) is 0 Å². The number of aliphatic hydroxyl groups is 4. The Morgan fingerprint density at radius 1 is 0.794 bits per heavy atom. The van der Waals surface area contributed by atoms with Crippen molar-refractivity contribution in [2.24, 2.45) is 56.7 Å². The first-order chi connectivity index (χ1) is 15.4. The molecule has 4 fully saturated rings. The summed E-state index contributed by atoms with van der Waals surface area (Å²) < 4.78 is 0. The van der Waals surface area contributed by atoms with Crippen molar-refractivity contribution >= 4 is 0 Å². The second-order valence-corrected chi connectivity index (χ2v) is 15.2. The summed E-state index contributed by atoms with van der Waals surface area (Å²) in [6.07, 6.45) is 10.2. The molecular formula is C30H50O4. The van der Waals surface area contributed by atoms with Crippen molar-refractivity contribution in [2.45, 2.75) is 118 Å². The van der Waals surface area contributed by atoms with Gasteiger partial charge in [0.2, 0.25) is 11.6 Å². The Morgan fingerprint density at radius 3 is 2.09 bits per heavy atom. The highest BCUT2D eigenvalue weighted by molar-refractivity contribution is 5.34. The van der Waals surface area contributed by atoms with E-state index in [2.05, 4.69) is 54.5 Å². The Balaban J connectivity index is 1.67. The molecule has 0 unspecified atom stereocenters. The van der Waals surface area contributed by atoms with Gasteiger partial charge in [-0.25, -0.2) is 0 Å². The molecule has 0 bridgehead atoms. The molecule has 0 saturated heterocycles. The van der Waals surface area contributed by atoms with Gasteiger partial charge in [-0.05, 0) is 96.2 Å². The molecule has 0 spiro atoms. The van der Waals surface area contributed by atoms with Gasteiger partial charge in [0.05, 0.1) is 0 Å². The normalized spacial score (nSPS) is 55.2. The smallest absolute Gasteiger partial charge is 0.224 e. The lowest BCUT2D eigenvalue weighted by Gasteiger charge is -2.73. The summed E-state index contributed by atoms with van der Waals surface area (Å²) >= 11 is 0. The van der Waals surface area contributed by atoms with Gasteiger partial charge in [0.15, 0.2) is 0 Å². The highest BCUT2D eigenvalue weighted by Crippen LogP contribution is 2.77. The standard InChI is InChI=1S/C30H50O4/c1-18-11-13-25(5)15-16-26(6)20(23(25)19(18)2)9-10-22-27(26,7)14-12-21-24(3,4)17-29(31,32)30(33,34)28(21,22)8/h9,18-19,21-23,31-34H,10-17H2,1-8H3/t18-,19+,21+,22+,23+,25-,26-,27-,28+/m1/s1. The average Bonchev–Trinajstić information content (AvgIpc) is 2.70. The molecule has 0 aromatic rings. The van der Waals surface area contributed by atoms with Crippen molar-refractivity contribution in [3.8, 4) is 0 Å². The van der Waals surface area contributed by atoms with Gasteiger partial charge < -0.3 is 20.4 Å². The van der Waals surface area contributed by atoms with Crippen molar-refractivity contribution in [1.82, 2.24) is 0 Å². The van der Waals surface area contributed by atoms with Gasteiger partial charge in [-0.15, -0.1) is 0 Å². The summed E-state index contributed by atoms with van der Waals surface area (Å²) in [6, 6.07) is 0. The maximum absolute atomic E-state index is 11.6. The van der Waals surface area contributed by atoms with Crippen LogP contribution in [0.2, 0.25) is 0 Å².